The summed E-state index contributed by atoms with van der Waals surface area (Å²) in [5, 5.41) is 7.57. The summed E-state index contributed by atoms with van der Waals surface area (Å²) < 4.78 is 5.15. The zero-order valence-corrected chi connectivity index (χ0v) is 16.2. The van der Waals surface area contributed by atoms with E-state index in [2.05, 4.69) is 15.2 Å². The molecule has 142 valence electrons. The molecule has 7 nitrogen and oxygen atoms in total. The third-order valence-electron chi connectivity index (χ3n) is 4.64. The molecule has 0 unspecified atom stereocenters. The number of methoxy groups -OCH3 is 1. The highest BCUT2D eigenvalue weighted by Gasteiger charge is 2.24. The van der Waals surface area contributed by atoms with Gasteiger partial charge < -0.3 is 9.64 Å². The zero-order valence-electron chi connectivity index (χ0n) is 15.4. The number of amides is 1. The molecule has 0 saturated carbocycles. The second-order valence-corrected chi connectivity index (χ2v) is 7.32. The zero-order chi connectivity index (χ0) is 19.7. The van der Waals surface area contributed by atoms with Crippen LogP contribution in [0.2, 0.25) is 0 Å². The number of ether oxygens (including phenoxy) is 1. The SMILES string of the molecule is COc1ccc(-c2nc(SCC(=O)c3ccc4c(c3)CC(=O)N4C)n[nH]2)cc1. The van der Waals surface area contributed by atoms with E-state index in [1.165, 1.54) is 11.8 Å². The van der Waals surface area contributed by atoms with Crippen LogP contribution in [0, 0.1) is 0 Å². The Bertz CT molecular complexity index is 1050. The molecule has 4 rings (SSSR count). The molecule has 2 aromatic carbocycles. The van der Waals surface area contributed by atoms with Crippen molar-refractivity contribution in [1.82, 2.24) is 15.2 Å². The van der Waals surface area contributed by atoms with Gasteiger partial charge in [-0.1, -0.05) is 11.8 Å². The number of fused-ring (bicyclic) bond motifs is 1. The number of likely N-dealkylation sites (N-methyl/N-ethyl adjacent to an activating group) is 1. The lowest BCUT2D eigenvalue weighted by Gasteiger charge is -2.10. The normalized spacial score (nSPS) is 12.9. The highest BCUT2D eigenvalue weighted by Crippen LogP contribution is 2.29. The lowest BCUT2D eigenvalue weighted by Crippen LogP contribution is -2.20. The maximum Gasteiger partial charge on any atom is 0.231 e. The minimum Gasteiger partial charge on any atom is -0.497 e. The van der Waals surface area contributed by atoms with Crippen LogP contribution in [0.25, 0.3) is 11.4 Å². The maximum atomic E-state index is 12.5. The van der Waals surface area contributed by atoms with Crippen molar-refractivity contribution in [3.63, 3.8) is 0 Å². The molecule has 0 radical (unpaired) electrons. The fourth-order valence-corrected chi connectivity index (χ4v) is 3.74. The molecule has 0 fully saturated rings. The van der Waals surface area contributed by atoms with Gasteiger partial charge in [-0.2, -0.15) is 0 Å². The average molecular weight is 394 g/mol. The van der Waals surface area contributed by atoms with Crippen molar-refractivity contribution in [3.05, 3.63) is 53.6 Å². The molecule has 3 aromatic rings. The minimum atomic E-state index is -0.0226. The minimum absolute atomic E-state index is 0.0226. The van der Waals surface area contributed by atoms with Crippen molar-refractivity contribution in [2.24, 2.45) is 0 Å². The smallest absolute Gasteiger partial charge is 0.231 e. The number of aromatic amines is 1. The molecule has 2 heterocycles. The highest BCUT2D eigenvalue weighted by molar-refractivity contribution is 7.99. The van der Waals surface area contributed by atoms with E-state index in [1.807, 2.05) is 30.3 Å². The van der Waals surface area contributed by atoms with E-state index in [9.17, 15) is 9.59 Å². The van der Waals surface area contributed by atoms with E-state index in [4.69, 9.17) is 4.74 Å². The Morgan fingerprint density at radius 1 is 1.25 bits per heavy atom. The van der Waals surface area contributed by atoms with Crippen LogP contribution in [0.1, 0.15) is 15.9 Å². The van der Waals surface area contributed by atoms with Gasteiger partial charge in [0, 0.05) is 23.9 Å². The summed E-state index contributed by atoms with van der Waals surface area (Å²) in [6.07, 6.45) is 0.340. The average Bonchev–Trinajstić information content (AvgIpc) is 3.30. The second kappa shape index (κ2) is 7.47. The van der Waals surface area contributed by atoms with Gasteiger partial charge in [-0.05, 0) is 48.0 Å². The molecule has 0 aliphatic carbocycles. The fourth-order valence-electron chi connectivity index (χ4n) is 3.05. The van der Waals surface area contributed by atoms with Crippen molar-refractivity contribution in [2.45, 2.75) is 11.6 Å². The van der Waals surface area contributed by atoms with Gasteiger partial charge in [0.2, 0.25) is 11.1 Å². The van der Waals surface area contributed by atoms with Gasteiger partial charge in [0.05, 0.1) is 19.3 Å². The number of rotatable bonds is 6. The van der Waals surface area contributed by atoms with Crippen molar-refractivity contribution in [3.8, 4) is 17.1 Å². The van der Waals surface area contributed by atoms with E-state index >= 15 is 0 Å². The summed E-state index contributed by atoms with van der Waals surface area (Å²) in [6.45, 7) is 0. The Labute approximate surface area is 166 Å². The second-order valence-electron chi connectivity index (χ2n) is 6.38. The van der Waals surface area contributed by atoms with Gasteiger partial charge in [0.25, 0.3) is 0 Å². The fraction of sp³-hybridized carbons (Fsp3) is 0.200. The number of anilines is 1. The van der Waals surface area contributed by atoms with Crippen LogP contribution in [-0.4, -0.2) is 46.8 Å². The summed E-state index contributed by atoms with van der Waals surface area (Å²) >= 11 is 1.28. The first-order chi connectivity index (χ1) is 13.5. The van der Waals surface area contributed by atoms with Crippen LogP contribution in [0.5, 0.6) is 5.75 Å². The number of hydrogen-bond acceptors (Lipinski definition) is 6. The number of carbonyl (C=O) groups excluding carboxylic acids is 2. The van der Waals surface area contributed by atoms with Crippen LogP contribution >= 0.6 is 11.8 Å². The lowest BCUT2D eigenvalue weighted by atomic mass is 10.1. The maximum absolute atomic E-state index is 12.5. The van der Waals surface area contributed by atoms with Gasteiger partial charge in [0.15, 0.2) is 11.6 Å². The number of ketones is 1. The molecule has 1 amide bonds. The Morgan fingerprint density at radius 3 is 2.79 bits per heavy atom. The number of nitrogens with one attached hydrogen (secondary N) is 1. The van der Waals surface area contributed by atoms with E-state index in [0.29, 0.717) is 23.0 Å². The summed E-state index contributed by atoms with van der Waals surface area (Å²) in [5.41, 5.74) is 3.24. The molecule has 1 aliphatic heterocycles. The Balaban J connectivity index is 1.41. The Morgan fingerprint density at radius 2 is 2.04 bits per heavy atom. The Kier molecular flexibility index (Phi) is 4.87. The van der Waals surface area contributed by atoms with E-state index < -0.39 is 0 Å². The summed E-state index contributed by atoms with van der Waals surface area (Å²) in [4.78, 5) is 30.4. The first-order valence-corrected chi connectivity index (χ1v) is 9.66. The molecule has 0 spiro atoms. The molecule has 0 saturated heterocycles. The topological polar surface area (TPSA) is 88.2 Å². The molecular weight excluding hydrogens is 376 g/mol. The number of nitrogens with zero attached hydrogens (tertiary/aromatic N) is 3. The Hall–Kier alpha value is -3.13. The summed E-state index contributed by atoms with van der Waals surface area (Å²) in [5.74, 6) is 1.65. The van der Waals surface area contributed by atoms with Crippen LogP contribution in [0.4, 0.5) is 5.69 Å². The molecule has 28 heavy (non-hydrogen) atoms. The summed E-state index contributed by atoms with van der Waals surface area (Å²) in [7, 11) is 3.36. The number of thioether (sulfide) groups is 1. The third-order valence-corrected chi connectivity index (χ3v) is 5.49. The summed E-state index contributed by atoms with van der Waals surface area (Å²) in [6, 6.07) is 12.9. The van der Waals surface area contributed by atoms with Gasteiger partial charge in [-0.15, -0.1) is 5.10 Å². The van der Waals surface area contributed by atoms with E-state index in [-0.39, 0.29) is 17.4 Å². The number of benzene rings is 2. The number of aromatic nitrogens is 3. The van der Waals surface area contributed by atoms with Crippen molar-refractivity contribution >= 4 is 29.1 Å². The third kappa shape index (κ3) is 3.50. The lowest BCUT2D eigenvalue weighted by molar-refractivity contribution is -0.117. The largest absolute Gasteiger partial charge is 0.497 e. The number of H-pyrrole nitrogens is 1. The molecule has 1 aliphatic rings. The van der Waals surface area contributed by atoms with Gasteiger partial charge in [-0.25, -0.2) is 4.98 Å². The quantitative estimate of drug-likeness (QED) is 0.511. The molecule has 1 N–H and O–H groups in total. The molecule has 8 heteroatoms. The molecular formula is C20H18N4O3S. The van der Waals surface area contributed by atoms with E-state index in [1.54, 1.807) is 31.2 Å². The number of Topliss-reactive ketones (excluding diaryl/α,β-unsaturated/α-hetero) is 1. The van der Waals surface area contributed by atoms with Crippen molar-refractivity contribution in [2.75, 3.05) is 24.8 Å². The van der Waals surface area contributed by atoms with Crippen LogP contribution in [0.3, 0.4) is 0 Å². The predicted octanol–water partition coefficient (Wildman–Crippen LogP) is 2.97. The first kappa shape index (κ1) is 18.2. The standard InChI is InChI=1S/C20H18N4O3S/c1-24-16-8-5-13(9-14(16)10-18(24)26)17(25)11-28-20-21-19(22-23-20)12-3-6-15(27-2)7-4-12/h3-9H,10-11H2,1-2H3,(H,21,22,23). The monoisotopic (exact) mass is 394 g/mol. The van der Waals surface area contributed by atoms with Crippen molar-refractivity contribution < 1.29 is 14.3 Å². The van der Waals surface area contributed by atoms with Crippen molar-refractivity contribution in [1.29, 1.82) is 0 Å². The van der Waals surface area contributed by atoms with Crippen LogP contribution in [-0.2, 0) is 11.2 Å². The molecule has 0 atom stereocenters. The first-order valence-electron chi connectivity index (χ1n) is 8.67. The molecule has 1 aromatic heterocycles. The highest BCUT2D eigenvalue weighted by atomic mass is 32.2. The van der Waals surface area contributed by atoms with E-state index in [0.717, 1.165) is 22.6 Å². The van der Waals surface area contributed by atoms with Crippen LogP contribution in [0.15, 0.2) is 47.6 Å². The van der Waals surface area contributed by atoms with Crippen LogP contribution < -0.4 is 9.64 Å². The van der Waals surface area contributed by atoms with Gasteiger partial charge in [0.1, 0.15) is 5.75 Å². The predicted molar refractivity (Wildman–Crippen MR) is 107 cm³/mol. The number of carbonyl (C=O) groups is 2. The van der Waals surface area contributed by atoms with Gasteiger partial charge >= 0.3 is 0 Å². The number of hydrogen-bond donors (Lipinski definition) is 1. The van der Waals surface area contributed by atoms with Gasteiger partial charge in [-0.3, -0.25) is 14.7 Å². The molecule has 0 bridgehead atoms.